The number of nitrogens with zero attached hydrogens (tertiary/aromatic N) is 1. The first kappa shape index (κ1) is 40.7. The normalized spacial score (nSPS) is 15.9. The Morgan fingerprint density at radius 3 is 1.10 bits per heavy atom. The predicted molar refractivity (Wildman–Crippen MR) is 92.8 cm³/mol. The lowest BCUT2D eigenvalue weighted by Gasteiger charge is -2.42. The molecule has 0 fully saturated rings. The number of rotatable bonds is 11. The highest BCUT2D eigenvalue weighted by Gasteiger charge is 2.96. The second-order valence-corrected chi connectivity index (χ2v) is 11.0. The van der Waals surface area contributed by atoms with Gasteiger partial charge in [0.05, 0.1) is 34.2 Å². The van der Waals surface area contributed by atoms with Crippen LogP contribution < -0.4 is 4.72 Å². The van der Waals surface area contributed by atoms with Crippen LogP contribution in [-0.2, 0) is 20.4 Å². The summed E-state index contributed by atoms with van der Waals surface area (Å²) in [5.74, 6) is -51.5. The van der Waals surface area contributed by atoms with E-state index in [1.807, 2.05) is 0 Å². The van der Waals surface area contributed by atoms with Gasteiger partial charge >= 0.3 is 47.0 Å². The van der Waals surface area contributed by atoms with Gasteiger partial charge in [0.25, 0.3) is 10.0 Å². The Morgan fingerprint density at radius 2 is 0.850 bits per heavy atom. The zero-order chi connectivity index (χ0) is 33.6. The van der Waals surface area contributed by atoms with Gasteiger partial charge in [0.2, 0.25) is 10.4 Å². The van der Waals surface area contributed by atoms with Gasteiger partial charge in [-0.3, -0.25) is 4.55 Å². The highest BCUT2D eigenvalue weighted by molar-refractivity contribution is 7.90. The first-order valence-corrected chi connectivity index (χ1v) is 11.7. The monoisotopic (exact) mass is 682 g/mol. The van der Waals surface area contributed by atoms with E-state index < -0.39 is 80.5 Å². The minimum atomic E-state index is -8.83. The SMILES string of the molecule is C[N+](C)(C)CCNS(=O)(=O)C(F)(F)C(F)(F)C(F)(F)C(F)(F)C(F)(F)C(F)(F)C(F)(F)C(F)(F)F.O=S(=O)([O-])O. The molecule has 8 nitrogen and oxygen atoms in total. The Hall–Kier alpha value is -1.45. The van der Waals surface area contributed by atoms with Crippen molar-refractivity contribution >= 4 is 20.4 Å². The molecule has 27 heteroatoms. The number of likely N-dealkylation sites (N-methyl/N-ethyl adjacent to an activating group) is 1. The lowest BCUT2D eigenvalue weighted by atomic mass is 9.91. The predicted octanol–water partition coefficient (Wildman–Crippen LogP) is 3.58. The molecule has 0 aliphatic carbocycles. The molecule has 0 aromatic carbocycles. The molecule has 0 aliphatic rings. The average Bonchev–Trinajstić information content (AvgIpc) is 2.63. The number of sulfonamides is 1. The van der Waals surface area contributed by atoms with E-state index >= 15 is 0 Å². The standard InChI is InChI=1S/C13H14F17N2O2S.H2O4S/c1-32(2,3)5-4-31-35(33,34)13(29,30)11(24,25)9(20,21)7(16,17)6(14,15)8(18,19)10(22,23)12(26,27)28;1-5(2,3)4/h31H,4-5H2,1-3H3;(H2,1,2,3,4)/q+1;/p-1. The number of quaternary nitrogens is 1. The summed E-state index contributed by atoms with van der Waals surface area (Å²) in [5.41, 5.74) is 0. The summed E-state index contributed by atoms with van der Waals surface area (Å²) in [6.07, 6.45) is -7.86. The van der Waals surface area contributed by atoms with Gasteiger partial charge in [-0.05, 0) is 0 Å². The van der Waals surface area contributed by atoms with E-state index in [9.17, 15) is 83.1 Å². The van der Waals surface area contributed by atoms with Crippen molar-refractivity contribution in [2.75, 3.05) is 34.2 Å². The highest BCUT2D eigenvalue weighted by Crippen LogP contribution is 2.64. The summed E-state index contributed by atoms with van der Waals surface area (Å²) in [7, 11) is -8.46. The van der Waals surface area contributed by atoms with Crippen LogP contribution in [0.3, 0.4) is 0 Å². The van der Waals surface area contributed by atoms with Crippen molar-refractivity contribution in [3.63, 3.8) is 0 Å². The zero-order valence-electron chi connectivity index (χ0n) is 19.1. The third kappa shape index (κ3) is 7.49. The largest absolute Gasteiger partial charge is 0.726 e. The van der Waals surface area contributed by atoms with E-state index in [0.29, 0.717) is 4.72 Å². The van der Waals surface area contributed by atoms with Crippen LogP contribution >= 0.6 is 0 Å². The fraction of sp³-hybridized carbons (Fsp3) is 1.00. The third-order valence-electron chi connectivity index (χ3n) is 4.11. The molecule has 0 saturated carbocycles. The van der Waals surface area contributed by atoms with Crippen LogP contribution in [0.4, 0.5) is 74.6 Å². The van der Waals surface area contributed by atoms with Gasteiger partial charge in [-0.15, -0.1) is 0 Å². The van der Waals surface area contributed by atoms with Crippen LogP contribution in [0.15, 0.2) is 0 Å². The van der Waals surface area contributed by atoms with Crippen LogP contribution in [0.1, 0.15) is 0 Å². The van der Waals surface area contributed by atoms with E-state index in [1.165, 1.54) is 21.1 Å². The molecule has 0 atom stereocenters. The lowest BCUT2D eigenvalue weighted by Crippen LogP contribution is -2.75. The van der Waals surface area contributed by atoms with Gasteiger partial charge < -0.3 is 9.04 Å². The fourth-order valence-corrected chi connectivity index (χ4v) is 2.93. The maximum Gasteiger partial charge on any atom is 0.460 e. The summed E-state index contributed by atoms with van der Waals surface area (Å²) in [6, 6.07) is 0. The minimum absolute atomic E-state index is 0.326. The zero-order valence-corrected chi connectivity index (χ0v) is 20.7. The van der Waals surface area contributed by atoms with E-state index in [2.05, 4.69) is 0 Å². The highest BCUT2D eigenvalue weighted by atomic mass is 32.3. The van der Waals surface area contributed by atoms with Crippen LogP contribution in [0.2, 0.25) is 0 Å². The van der Waals surface area contributed by atoms with Crippen molar-refractivity contribution in [1.82, 2.24) is 4.72 Å². The quantitative estimate of drug-likeness (QED) is 0.149. The summed E-state index contributed by atoms with van der Waals surface area (Å²) >= 11 is 0. The third-order valence-corrected chi connectivity index (χ3v) is 5.62. The van der Waals surface area contributed by atoms with Crippen molar-refractivity contribution in [2.45, 2.75) is 47.0 Å². The van der Waals surface area contributed by atoms with E-state index in [0.717, 1.165) is 0 Å². The molecule has 244 valence electrons. The number of nitrogens with one attached hydrogen (secondary N) is 1. The van der Waals surface area contributed by atoms with Crippen LogP contribution in [-0.4, -0.2) is 112 Å². The summed E-state index contributed by atoms with van der Waals surface area (Å²) in [6.45, 7) is -1.88. The molecule has 0 aliphatic heterocycles. The van der Waals surface area contributed by atoms with E-state index in [-0.39, 0.29) is 4.48 Å². The molecule has 0 bridgehead atoms. The number of alkyl halides is 17. The van der Waals surface area contributed by atoms with Crippen molar-refractivity contribution in [1.29, 1.82) is 0 Å². The molecule has 0 spiro atoms. The molecule has 0 aromatic heterocycles. The molecule has 40 heavy (non-hydrogen) atoms. The smallest absolute Gasteiger partial charge is 0.460 e. The van der Waals surface area contributed by atoms with Crippen molar-refractivity contribution in [3.8, 4) is 0 Å². The van der Waals surface area contributed by atoms with Crippen LogP contribution in [0.5, 0.6) is 0 Å². The topological polar surface area (TPSA) is 124 Å². The van der Waals surface area contributed by atoms with Crippen LogP contribution in [0.25, 0.3) is 0 Å². The second kappa shape index (κ2) is 11.0. The average molecular weight is 682 g/mol. The molecule has 0 heterocycles. The Bertz CT molecular complexity index is 1090. The Labute approximate surface area is 212 Å². The molecule has 0 rings (SSSR count). The van der Waals surface area contributed by atoms with Gasteiger partial charge in [0.15, 0.2) is 0 Å². The first-order chi connectivity index (χ1) is 16.7. The molecular weight excluding hydrogens is 667 g/mol. The minimum Gasteiger partial charge on any atom is -0.726 e. The second-order valence-electron chi connectivity index (χ2n) is 8.30. The maximum atomic E-state index is 13.8. The molecule has 0 aromatic rings. The summed E-state index contributed by atoms with van der Waals surface area (Å²) in [5, 5.41) is -7.53. The molecule has 2 N–H and O–H groups in total. The van der Waals surface area contributed by atoms with E-state index in [1.54, 1.807) is 0 Å². The Kier molecular flexibility index (Phi) is 11.2. The summed E-state index contributed by atoms with van der Waals surface area (Å²) < 4.78 is 279. The molecule has 0 amide bonds. The molecule has 0 unspecified atom stereocenters. The Morgan fingerprint density at radius 1 is 0.600 bits per heavy atom. The van der Waals surface area contributed by atoms with Gasteiger partial charge in [-0.2, -0.15) is 74.6 Å². The number of hydrogen-bond donors (Lipinski definition) is 2. The van der Waals surface area contributed by atoms with Crippen LogP contribution in [0, 0.1) is 0 Å². The van der Waals surface area contributed by atoms with Crippen molar-refractivity contribution in [2.24, 2.45) is 0 Å². The number of hydrogen-bond acceptors (Lipinski definition) is 5. The van der Waals surface area contributed by atoms with Crippen molar-refractivity contribution < 1.29 is 105 Å². The van der Waals surface area contributed by atoms with Gasteiger partial charge in [0.1, 0.15) is 0 Å². The first-order valence-electron chi connectivity index (χ1n) is 8.90. The fourth-order valence-electron chi connectivity index (χ4n) is 1.92. The lowest BCUT2D eigenvalue weighted by molar-refractivity contribution is -0.869. The number of halogens is 17. The Balaban J connectivity index is 0. The van der Waals surface area contributed by atoms with E-state index in [4.69, 9.17) is 17.5 Å². The molecule has 0 radical (unpaired) electrons. The summed E-state index contributed by atoms with van der Waals surface area (Å²) in [4.78, 5) is 0. The van der Waals surface area contributed by atoms with Gasteiger partial charge in [-0.1, -0.05) is 0 Å². The maximum absolute atomic E-state index is 13.8. The van der Waals surface area contributed by atoms with Gasteiger partial charge in [0, 0.05) is 0 Å². The van der Waals surface area contributed by atoms with Crippen molar-refractivity contribution in [3.05, 3.63) is 0 Å². The molecule has 0 saturated heterocycles. The molecular formula is C13H15F17N2O6S2. The van der Waals surface area contributed by atoms with Gasteiger partial charge in [-0.25, -0.2) is 21.6 Å².